The minimum atomic E-state index is -2.63. The predicted molar refractivity (Wildman–Crippen MR) is 44.1 cm³/mol. The lowest BCUT2D eigenvalue weighted by Gasteiger charge is -2.00. The van der Waals surface area contributed by atoms with Crippen LogP contribution in [0.5, 0.6) is 5.75 Å². The van der Waals surface area contributed by atoms with Gasteiger partial charge in [-0.25, -0.2) is 0 Å². The van der Waals surface area contributed by atoms with Gasteiger partial charge in [-0.15, -0.1) is 0 Å². The summed E-state index contributed by atoms with van der Waals surface area (Å²) >= 11 is 0. The number of nitro benzene ring substituents is 1. The van der Waals surface area contributed by atoms with Gasteiger partial charge in [-0.3, -0.25) is 10.1 Å². The Morgan fingerprint density at radius 1 is 1.75 bits per heavy atom. The van der Waals surface area contributed by atoms with Crippen molar-refractivity contribution in [3.05, 3.63) is 28.3 Å². The first-order valence-corrected chi connectivity index (χ1v) is 3.02. The zero-order valence-electron chi connectivity index (χ0n) is 8.98. The molecule has 0 aliphatic heterocycles. The van der Waals surface area contributed by atoms with Crippen LogP contribution in [0.1, 0.15) is 4.11 Å². The van der Waals surface area contributed by atoms with Crippen LogP contribution in [-0.4, -0.2) is 12.0 Å². The second-order valence-corrected chi connectivity index (χ2v) is 2.08. The largest absolute Gasteiger partial charge is 0.496 e. The van der Waals surface area contributed by atoms with Gasteiger partial charge in [0.25, 0.3) is 5.69 Å². The lowest BCUT2D eigenvalue weighted by Crippen LogP contribution is -1.95. The third-order valence-corrected chi connectivity index (χ3v) is 1.32. The molecule has 0 atom stereocenters. The van der Waals surface area contributed by atoms with Crippen molar-refractivity contribution < 1.29 is 13.8 Å². The van der Waals surface area contributed by atoms with Gasteiger partial charge in [-0.05, 0) is 12.1 Å². The van der Waals surface area contributed by atoms with Crippen molar-refractivity contribution >= 4 is 11.4 Å². The Balaban J connectivity index is 3.03. The third-order valence-electron chi connectivity index (χ3n) is 1.32. The second-order valence-electron chi connectivity index (χ2n) is 2.08. The highest BCUT2D eigenvalue weighted by atomic mass is 16.6. The SMILES string of the molecule is [2H]C([2H])([2H])Oc1ccc(N)c([N+](=O)[O-])c1. The summed E-state index contributed by atoms with van der Waals surface area (Å²) in [6.07, 6.45) is 0. The van der Waals surface area contributed by atoms with Gasteiger partial charge in [0.2, 0.25) is 0 Å². The van der Waals surface area contributed by atoms with E-state index in [9.17, 15) is 10.1 Å². The average molecular weight is 171 g/mol. The van der Waals surface area contributed by atoms with Crippen LogP contribution in [0.25, 0.3) is 0 Å². The van der Waals surface area contributed by atoms with E-state index >= 15 is 0 Å². The summed E-state index contributed by atoms with van der Waals surface area (Å²) in [5.74, 6) is -0.115. The van der Waals surface area contributed by atoms with Gasteiger partial charge in [0.1, 0.15) is 11.4 Å². The Labute approximate surface area is 73.1 Å². The zero-order chi connectivity index (χ0) is 11.6. The van der Waals surface area contributed by atoms with E-state index in [4.69, 9.17) is 9.85 Å². The van der Waals surface area contributed by atoms with Crippen LogP contribution < -0.4 is 10.5 Å². The van der Waals surface area contributed by atoms with Crippen molar-refractivity contribution in [1.29, 1.82) is 0 Å². The monoisotopic (exact) mass is 171 g/mol. The molecular formula is C7H8N2O3. The minimum Gasteiger partial charge on any atom is -0.496 e. The van der Waals surface area contributed by atoms with Gasteiger partial charge < -0.3 is 10.5 Å². The van der Waals surface area contributed by atoms with E-state index in [-0.39, 0.29) is 17.1 Å². The van der Waals surface area contributed by atoms with Gasteiger partial charge in [0.05, 0.1) is 22.1 Å². The van der Waals surface area contributed by atoms with Crippen LogP contribution in [0.4, 0.5) is 11.4 Å². The van der Waals surface area contributed by atoms with Crippen LogP contribution in [0.3, 0.4) is 0 Å². The molecule has 0 radical (unpaired) electrons. The smallest absolute Gasteiger partial charge is 0.295 e. The number of anilines is 1. The molecule has 0 fully saturated rings. The Kier molecular flexibility index (Phi) is 1.28. The quantitative estimate of drug-likeness (QED) is 0.411. The van der Waals surface area contributed by atoms with Gasteiger partial charge in [0, 0.05) is 0 Å². The van der Waals surface area contributed by atoms with E-state index in [1.54, 1.807) is 0 Å². The van der Waals surface area contributed by atoms with Crippen LogP contribution in [0.2, 0.25) is 0 Å². The number of benzene rings is 1. The van der Waals surface area contributed by atoms with Crippen LogP contribution in [0, 0.1) is 10.1 Å². The first kappa shape index (κ1) is 4.97. The molecule has 0 amide bonds. The molecule has 0 unspecified atom stereocenters. The van der Waals surface area contributed by atoms with Crippen molar-refractivity contribution in [1.82, 2.24) is 0 Å². The predicted octanol–water partition coefficient (Wildman–Crippen LogP) is 1.19. The summed E-state index contributed by atoms with van der Waals surface area (Å²) in [4.78, 5) is 9.76. The fraction of sp³-hybridized carbons (Fsp3) is 0.143. The Morgan fingerprint density at radius 2 is 2.50 bits per heavy atom. The summed E-state index contributed by atoms with van der Waals surface area (Å²) in [5.41, 5.74) is 4.89. The molecule has 0 spiro atoms. The van der Waals surface area contributed by atoms with E-state index in [1.807, 2.05) is 0 Å². The summed E-state index contributed by atoms with van der Waals surface area (Å²) < 4.78 is 24.9. The van der Waals surface area contributed by atoms with E-state index in [1.165, 1.54) is 12.1 Å². The van der Waals surface area contributed by atoms with E-state index in [0.29, 0.717) is 0 Å². The van der Waals surface area contributed by atoms with Crippen LogP contribution in [0.15, 0.2) is 18.2 Å². The first-order valence-electron chi connectivity index (χ1n) is 4.52. The van der Waals surface area contributed by atoms with Gasteiger partial charge in [-0.1, -0.05) is 0 Å². The number of nitro groups is 1. The number of hydrogen-bond donors (Lipinski definition) is 1. The van der Waals surface area contributed by atoms with Crippen molar-refractivity contribution in [3.8, 4) is 5.75 Å². The number of nitrogens with two attached hydrogens (primary N) is 1. The Morgan fingerprint density at radius 3 is 3.08 bits per heavy atom. The summed E-state index contributed by atoms with van der Waals surface area (Å²) in [6.45, 7) is 0. The minimum absolute atomic E-state index is 0.0436. The highest BCUT2D eigenvalue weighted by molar-refractivity contribution is 5.60. The molecule has 12 heavy (non-hydrogen) atoms. The summed E-state index contributed by atoms with van der Waals surface area (Å²) in [6, 6.07) is 3.45. The molecule has 1 aromatic carbocycles. The van der Waals surface area contributed by atoms with E-state index < -0.39 is 12.0 Å². The molecule has 0 saturated carbocycles. The summed E-state index contributed by atoms with van der Waals surface area (Å²) in [5, 5.41) is 10.5. The number of methoxy groups -OCH3 is 1. The molecule has 0 heterocycles. The molecular weight excluding hydrogens is 160 g/mol. The van der Waals surface area contributed by atoms with Crippen molar-refractivity contribution in [2.75, 3.05) is 12.8 Å². The fourth-order valence-corrected chi connectivity index (χ4v) is 0.745. The van der Waals surface area contributed by atoms with Crippen molar-refractivity contribution in [3.63, 3.8) is 0 Å². The lowest BCUT2D eigenvalue weighted by molar-refractivity contribution is -0.384. The van der Waals surface area contributed by atoms with E-state index in [0.717, 1.165) is 6.07 Å². The van der Waals surface area contributed by atoms with Crippen molar-refractivity contribution in [2.45, 2.75) is 0 Å². The van der Waals surface area contributed by atoms with Gasteiger partial charge >= 0.3 is 0 Å². The van der Waals surface area contributed by atoms with Crippen molar-refractivity contribution in [2.24, 2.45) is 0 Å². The molecule has 0 aliphatic carbocycles. The van der Waals surface area contributed by atoms with Crippen LogP contribution >= 0.6 is 0 Å². The van der Waals surface area contributed by atoms with Gasteiger partial charge in [-0.2, -0.15) is 0 Å². The third kappa shape index (κ3) is 1.45. The maximum absolute atomic E-state index is 10.5. The molecule has 0 saturated heterocycles. The van der Waals surface area contributed by atoms with Crippen LogP contribution in [-0.2, 0) is 0 Å². The molecule has 1 aromatic rings. The standard InChI is InChI=1S/C7H8N2O3/c1-12-5-2-3-6(8)7(4-5)9(10)11/h2-4H,8H2,1H3/i1D3. The maximum atomic E-state index is 10.5. The van der Waals surface area contributed by atoms with Gasteiger partial charge in [0.15, 0.2) is 0 Å². The molecule has 5 heteroatoms. The zero-order valence-corrected chi connectivity index (χ0v) is 5.98. The molecule has 64 valence electrons. The molecule has 0 aromatic heterocycles. The summed E-state index contributed by atoms with van der Waals surface area (Å²) in [7, 11) is -2.63. The molecule has 1 rings (SSSR count). The number of hydrogen-bond acceptors (Lipinski definition) is 4. The highest BCUT2D eigenvalue weighted by Gasteiger charge is 2.11. The number of ether oxygens (including phenoxy) is 1. The maximum Gasteiger partial charge on any atom is 0.295 e. The molecule has 0 bridgehead atoms. The normalized spacial score (nSPS) is 14.2. The molecule has 2 N–H and O–H groups in total. The topological polar surface area (TPSA) is 78.4 Å². The Hall–Kier alpha value is -1.78. The highest BCUT2D eigenvalue weighted by Crippen LogP contribution is 2.25. The molecule has 5 nitrogen and oxygen atoms in total. The first-order chi connectivity index (χ1) is 6.79. The number of rotatable bonds is 2. The van der Waals surface area contributed by atoms with E-state index in [2.05, 4.69) is 4.74 Å². The second kappa shape index (κ2) is 3.08. The fourth-order valence-electron chi connectivity index (χ4n) is 0.745. The average Bonchev–Trinajstić information content (AvgIpc) is 2.05. The Bertz CT molecular complexity index is 392. The number of nitrogen functional groups attached to an aromatic ring is 1. The number of nitrogens with zero attached hydrogens (tertiary/aromatic N) is 1. The molecule has 0 aliphatic rings. The lowest BCUT2D eigenvalue weighted by atomic mass is 10.2.